The Balaban J connectivity index is 2.13. The van der Waals surface area contributed by atoms with Crippen LogP contribution in [0.3, 0.4) is 0 Å². The molecule has 6 nitrogen and oxygen atoms in total. The molecule has 4 N–H and O–H groups in total. The van der Waals surface area contributed by atoms with Gasteiger partial charge in [-0.05, 0) is 18.4 Å². The Morgan fingerprint density at radius 1 is 1.61 bits per heavy atom. The van der Waals surface area contributed by atoms with E-state index >= 15 is 0 Å². The van der Waals surface area contributed by atoms with Crippen molar-refractivity contribution in [3.05, 3.63) is 18.5 Å². The smallest absolute Gasteiger partial charge is 0.404 e. The van der Waals surface area contributed by atoms with Gasteiger partial charge in [0.1, 0.15) is 0 Å². The topological polar surface area (TPSA) is 91.5 Å². The van der Waals surface area contributed by atoms with Crippen LogP contribution in [0.2, 0.25) is 0 Å². The van der Waals surface area contributed by atoms with Crippen LogP contribution in [0.4, 0.5) is 16.2 Å². The number of aromatic nitrogens is 1. The summed E-state index contributed by atoms with van der Waals surface area (Å²) >= 11 is 0. The summed E-state index contributed by atoms with van der Waals surface area (Å²) in [4.78, 5) is 16.8. The van der Waals surface area contributed by atoms with Crippen molar-refractivity contribution in [2.75, 3.05) is 23.7 Å². The summed E-state index contributed by atoms with van der Waals surface area (Å²) in [5, 5.41) is 11.3. The fraction of sp³-hybridized carbons (Fsp3) is 0.500. The lowest BCUT2D eigenvalue weighted by molar-refractivity contribution is 0.186. The van der Waals surface area contributed by atoms with Crippen molar-refractivity contribution in [3.8, 4) is 0 Å². The average Bonchev–Trinajstić information content (AvgIpc) is 2.27. The number of pyridine rings is 1. The lowest BCUT2D eigenvalue weighted by atomic mass is 9.95. The van der Waals surface area contributed by atoms with Crippen LogP contribution < -0.4 is 16.0 Å². The van der Waals surface area contributed by atoms with Crippen LogP contribution in [0, 0.1) is 5.92 Å². The highest BCUT2D eigenvalue weighted by Crippen LogP contribution is 2.27. The lowest BCUT2D eigenvalue weighted by Gasteiger charge is -2.38. The fourth-order valence-electron chi connectivity index (χ4n) is 2.51. The number of anilines is 2. The van der Waals surface area contributed by atoms with E-state index in [-0.39, 0.29) is 6.04 Å². The van der Waals surface area contributed by atoms with E-state index in [0.29, 0.717) is 18.2 Å². The fourth-order valence-corrected chi connectivity index (χ4v) is 2.51. The zero-order valence-electron chi connectivity index (χ0n) is 10.3. The van der Waals surface area contributed by atoms with Crippen LogP contribution >= 0.6 is 0 Å². The average molecular weight is 250 g/mol. The summed E-state index contributed by atoms with van der Waals surface area (Å²) in [6.07, 6.45) is 3.20. The molecule has 2 atom stereocenters. The van der Waals surface area contributed by atoms with Gasteiger partial charge in [-0.25, -0.2) is 4.79 Å². The van der Waals surface area contributed by atoms with E-state index in [1.54, 1.807) is 12.4 Å². The van der Waals surface area contributed by atoms with Gasteiger partial charge in [-0.3, -0.25) is 4.98 Å². The second-order valence-corrected chi connectivity index (χ2v) is 4.83. The quantitative estimate of drug-likeness (QED) is 0.732. The number of rotatable bonds is 2. The predicted molar refractivity (Wildman–Crippen MR) is 69.6 cm³/mol. The maximum atomic E-state index is 10.7. The van der Waals surface area contributed by atoms with Gasteiger partial charge < -0.3 is 21.1 Å². The number of nitrogen functional groups attached to an aromatic ring is 1. The summed E-state index contributed by atoms with van der Waals surface area (Å²) in [6, 6.07) is 1.81. The summed E-state index contributed by atoms with van der Waals surface area (Å²) < 4.78 is 0. The molecule has 0 bridgehead atoms. The van der Waals surface area contributed by atoms with Gasteiger partial charge in [-0.2, -0.15) is 0 Å². The minimum Gasteiger partial charge on any atom is -0.465 e. The van der Waals surface area contributed by atoms with Crippen LogP contribution in [0.1, 0.15) is 13.3 Å². The molecule has 1 saturated heterocycles. The molecular formula is C12H18N4O2. The van der Waals surface area contributed by atoms with Crippen LogP contribution in [-0.4, -0.2) is 35.3 Å². The van der Waals surface area contributed by atoms with Gasteiger partial charge in [0, 0.05) is 25.3 Å². The largest absolute Gasteiger partial charge is 0.465 e. The Labute approximate surface area is 106 Å². The first-order valence-corrected chi connectivity index (χ1v) is 6.00. The van der Waals surface area contributed by atoms with Gasteiger partial charge in [-0.15, -0.1) is 0 Å². The molecule has 1 aromatic heterocycles. The summed E-state index contributed by atoms with van der Waals surface area (Å²) in [5.41, 5.74) is 7.45. The van der Waals surface area contributed by atoms with Crippen LogP contribution in [0.25, 0.3) is 0 Å². The summed E-state index contributed by atoms with van der Waals surface area (Å²) in [6.45, 7) is 3.64. The van der Waals surface area contributed by atoms with Crippen molar-refractivity contribution in [1.82, 2.24) is 10.3 Å². The Morgan fingerprint density at radius 3 is 3.06 bits per heavy atom. The first kappa shape index (κ1) is 12.5. The zero-order chi connectivity index (χ0) is 13.1. The second-order valence-electron chi connectivity index (χ2n) is 4.83. The van der Waals surface area contributed by atoms with Crippen molar-refractivity contribution < 1.29 is 9.90 Å². The van der Waals surface area contributed by atoms with Crippen molar-refractivity contribution in [1.29, 1.82) is 0 Å². The third-order valence-corrected chi connectivity index (χ3v) is 3.16. The highest BCUT2D eigenvalue weighted by atomic mass is 16.4. The minimum atomic E-state index is -0.975. The molecule has 1 amide bonds. The summed E-state index contributed by atoms with van der Waals surface area (Å²) in [7, 11) is 0. The molecule has 0 spiro atoms. The molecule has 98 valence electrons. The molecule has 1 aromatic rings. The molecular weight excluding hydrogens is 232 g/mol. The molecule has 0 radical (unpaired) electrons. The third-order valence-electron chi connectivity index (χ3n) is 3.16. The number of carbonyl (C=O) groups is 1. The van der Waals surface area contributed by atoms with E-state index < -0.39 is 6.09 Å². The van der Waals surface area contributed by atoms with E-state index in [2.05, 4.69) is 22.1 Å². The molecule has 18 heavy (non-hydrogen) atoms. The maximum Gasteiger partial charge on any atom is 0.404 e. The monoisotopic (exact) mass is 250 g/mol. The predicted octanol–water partition coefficient (Wildman–Crippen LogP) is 1.15. The number of piperidine rings is 1. The molecule has 6 heteroatoms. The first-order chi connectivity index (χ1) is 8.56. The van der Waals surface area contributed by atoms with Crippen molar-refractivity contribution in [3.63, 3.8) is 0 Å². The molecule has 0 aliphatic carbocycles. The number of carboxylic acid groups (broad SMARTS) is 1. The van der Waals surface area contributed by atoms with Gasteiger partial charge in [0.05, 0.1) is 17.6 Å². The second kappa shape index (κ2) is 5.12. The van der Waals surface area contributed by atoms with Crippen molar-refractivity contribution in [2.45, 2.75) is 19.4 Å². The van der Waals surface area contributed by atoms with Crippen LogP contribution in [0.15, 0.2) is 18.5 Å². The Hall–Kier alpha value is -1.98. The third kappa shape index (κ3) is 2.82. The van der Waals surface area contributed by atoms with Crippen molar-refractivity contribution >= 4 is 17.5 Å². The molecule has 1 fully saturated rings. The molecule has 2 heterocycles. The SMILES string of the molecule is C[C@@H]1C[C@H](NC(=O)O)CN(c2ccncc2N)C1. The maximum absolute atomic E-state index is 10.7. The zero-order valence-corrected chi connectivity index (χ0v) is 10.3. The Morgan fingerprint density at radius 2 is 2.39 bits per heavy atom. The Kier molecular flexibility index (Phi) is 3.55. The highest BCUT2D eigenvalue weighted by molar-refractivity contribution is 5.67. The lowest BCUT2D eigenvalue weighted by Crippen LogP contribution is -2.50. The number of nitrogens with two attached hydrogens (primary N) is 1. The van der Waals surface area contributed by atoms with Gasteiger partial charge in [-0.1, -0.05) is 6.92 Å². The molecule has 1 aliphatic rings. The highest BCUT2D eigenvalue weighted by Gasteiger charge is 2.26. The van der Waals surface area contributed by atoms with E-state index in [0.717, 1.165) is 18.7 Å². The molecule has 0 unspecified atom stereocenters. The van der Waals surface area contributed by atoms with Gasteiger partial charge in [0.15, 0.2) is 0 Å². The van der Waals surface area contributed by atoms with Gasteiger partial charge >= 0.3 is 6.09 Å². The number of nitrogens with zero attached hydrogens (tertiary/aromatic N) is 2. The molecule has 0 saturated carbocycles. The van der Waals surface area contributed by atoms with E-state index in [9.17, 15) is 4.79 Å². The van der Waals surface area contributed by atoms with Crippen LogP contribution in [0.5, 0.6) is 0 Å². The van der Waals surface area contributed by atoms with Crippen LogP contribution in [-0.2, 0) is 0 Å². The molecule has 2 rings (SSSR count). The Bertz CT molecular complexity index is 438. The molecule has 1 aliphatic heterocycles. The minimum absolute atomic E-state index is 0.0567. The number of nitrogens with one attached hydrogen (secondary N) is 1. The standard InChI is InChI=1S/C12H18N4O2/c1-8-4-9(15-12(17)18)7-16(6-8)11-2-3-14-5-10(11)13/h2-3,5,8-9,15H,4,6-7,13H2,1H3,(H,17,18)/t8-,9+/m1/s1. The number of amides is 1. The summed E-state index contributed by atoms with van der Waals surface area (Å²) in [5.74, 6) is 0.420. The molecule has 0 aromatic carbocycles. The van der Waals surface area contributed by atoms with Gasteiger partial charge in [0.25, 0.3) is 0 Å². The number of hydrogen-bond acceptors (Lipinski definition) is 4. The van der Waals surface area contributed by atoms with Crippen molar-refractivity contribution in [2.24, 2.45) is 5.92 Å². The van der Waals surface area contributed by atoms with E-state index in [4.69, 9.17) is 10.8 Å². The normalized spacial score (nSPS) is 23.7. The van der Waals surface area contributed by atoms with E-state index in [1.165, 1.54) is 0 Å². The first-order valence-electron chi connectivity index (χ1n) is 6.00. The number of hydrogen-bond donors (Lipinski definition) is 3. The van der Waals surface area contributed by atoms with E-state index in [1.807, 2.05) is 6.07 Å². The van der Waals surface area contributed by atoms with Gasteiger partial charge in [0.2, 0.25) is 0 Å².